The molecule has 1 fully saturated rings. The van der Waals surface area contributed by atoms with Crippen LogP contribution in [0.25, 0.3) is 5.69 Å². The maximum absolute atomic E-state index is 13.0. The maximum Gasteiger partial charge on any atom is 0.269 e. The van der Waals surface area contributed by atoms with E-state index in [1.54, 1.807) is 18.3 Å². The van der Waals surface area contributed by atoms with Gasteiger partial charge in [-0.3, -0.25) is 19.8 Å². The first-order chi connectivity index (χ1) is 15.5. The van der Waals surface area contributed by atoms with E-state index in [0.29, 0.717) is 31.0 Å². The second kappa shape index (κ2) is 9.71. The molecule has 1 atom stereocenters. The van der Waals surface area contributed by atoms with Gasteiger partial charge >= 0.3 is 0 Å². The molecule has 1 N–H and O–H groups in total. The van der Waals surface area contributed by atoms with Crippen LogP contribution >= 0.6 is 0 Å². The van der Waals surface area contributed by atoms with Gasteiger partial charge in [-0.15, -0.1) is 0 Å². The van der Waals surface area contributed by atoms with Gasteiger partial charge in [0.25, 0.3) is 11.6 Å². The summed E-state index contributed by atoms with van der Waals surface area (Å²) in [5, 5.41) is 18.2. The van der Waals surface area contributed by atoms with Gasteiger partial charge in [-0.2, -0.15) is 5.10 Å². The van der Waals surface area contributed by atoms with Crippen molar-refractivity contribution >= 4 is 11.6 Å². The van der Waals surface area contributed by atoms with Crippen LogP contribution in [0.2, 0.25) is 0 Å². The zero-order chi connectivity index (χ0) is 22.5. The summed E-state index contributed by atoms with van der Waals surface area (Å²) in [7, 11) is 0. The van der Waals surface area contributed by atoms with Crippen LogP contribution in [0.3, 0.4) is 0 Å². The minimum atomic E-state index is -0.453. The summed E-state index contributed by atoms with van der Waals surface area (Å²) in [5.74, 6) is -0.225. The summed E-state index contributed by atoms with van der Waals surface area (Å²) in [6.45, 7) is 5.76. The summed E-state index contributed by atoms with van der Waals surface area (Å²) >= 11 is 0. The zero-order valence-corrected chi connectivity index (χ0v) is 17.8. The molecule has 0 bridgehead atoms. The van der Waals surface area contributed by atoms with Gasteiger partial charge in [-0.05, 0) is 24.6 Å². The third-order valence-electron chi connectivity index (χ3n) is 5.50. The molecule has 0 spiro atoms. The van der Waals surface area contributed by atoms with Crippen molar-refractivity contribution in [1.29, 1.82) is 0 Å². The molecule has 1 saturated heterocycles. The van der Waals surface area contributed by atoms with E-state index in [9.17, 15) is 14.9 Å². The first kappa shape index (κ1) is 21.7. The number of aromatic nitrogens is 2. The van der Waals surface area contributed by atoms with Crippen molar-refractivity contribution in [3.8, 4) is 5.69 Å². The average Bonchev–Trinajstić information content (AvgIpc) is 3.30. The fraction of sp³-hybridized carbons (Fsp3) is 0.304. The second-order valence-electron chi connectivity index (χ2n) is 7.80. The molecule has 1 aliphatic rings. The van der Waals surface area contributed by atoms with Crippen molar-refractivity contribution in [3.63, 3.8) is 0 Å². The highest BCUT2D eigenvalue weighted by molar-refractivity contribution is 5.94. The lowest BCUT2D eigenvalue weighted by Gasteiger charge is -2.31. The smallest absolute Gasteiger partial charge is 0.269 e. The number of non-ortho nitro benzene ring substituents is 1. The van der Waals surface area contributed by atoms with Crippen molar-refractivity contribution < 1.29 is 14.5 Å². The lowest BCUT2D eigenvalue weighted by Crippen LogP contribution is -2.43. The summed E-state index contributed by atoms with van der Waals surface area (Å²) in [6, 6.07) is 14.0. The number of hydrogen-bond donors (Lipinski definition) is 1. The minimum absolute atomic E-state index is 0.00271. The van der Waals surface area contributed by atoms with E-state index < -0.39 is 4.92 Å². The van der Waals surface area contributed by atoms with Crippen LogP contribution in [0.1, 0.15) is 27.5 Å². The van der Waals surface area contributed by atoms with Crippen LogP contribution in [0.5, 0.6) is 0 Å². The Morgan fingerprint density at radius 2 is 1.84 bits per heavy atom. The molecule has 1 unspecified atom stereocenters. The third-order valence-corrected chi connectivity index (χ3v) is 5.50. The first-order valence-corrected chi connectivity index (χ1v) is 10.5. The number of carbonyl (C=O) groups is 1. The van der Waals surface area contributed by atoms with Crippen molar-refractivity contribution in [2.45, 2.75) is 13.0 Å². The lowest BCUT2D eigenvalue weighted by molar-refractivity contribution is -0.384. The lowest BCUT2D eigenvalue weighted by atomic mass is 10.0. The summed E-state index contributed by atoms with van der Waals surface area (Å²) in [6.07, 6.45) is 3.12. The molecule has 3 aromatic rings. The maximum atomic E-state index is 13.0. The number of nitro groups is 1. The summed E-state index contributed by atoms with van der Waals surface area (Å²) in [4.78, 5) is 25.7. The average molecular weight is 435 g/mol. The molecular weight excluding hydrogens is 410 g/mol. The van der Waals surface area contributed by atoms with E-state index in [1.165, 1.54) is 23.0 Å². The summed E-state index contributed by atoms with van der Waals surface area (Å²) < 4.78 is 6.97. The van der Waals surface area contributed by atoms with Gasteiger partial charge in [-0.25, -0.2) is 4.68 Å². The number of amides is 1. The molecule has 2 aromatic carbocycles. The normalized spacial score (nSPS) is 15.3. The number of nitrogens with one attached hydrogen (secondary N) is 1. The van der Waals surface area contributed by atoms with Crippen LogP contribution in [0, 0.1) is 17.0 Å². The number of nitro benzene ring substituents is 1. The Bertz CT molecular complexity index is 1070. The molecule has 9 heteroatoms. The van der Waals surface area contributed by atoms with Crippen LogP contribution in [-0.4, -0.2) is 58.4 Å². The molecule has 166 valence electrons. The van der Waals surface area contributed by atoms with Gasteiger partial charge in [0.05, 0.1) is 41.6 Å². The molecule has 0 radical (unpaired) electrons. The van der Waals surface area contributed by atoms with Crippen LogP contribution in [0.4, 0.5) is 5.69 Å². The standard InChI is InChI=1S/C23H25N5O4/c1-17-2-4-18(5-3-17)22(16-26-10-12-32-13-11-26)25-23(29)19-14-24-27(15-19)20-6-8-21(9-7-20)28(30)31/h2-9,14-15,22H,10-13,16H2,1H3,(H,25,29). The number of hydrogen-bond acceptors (Lipinski definition) is 6. The molecule has 0 saturated carbocycles. The van der Waals surface area contributed by atoms with Crippen LogP contribution < -0.4 is 5.32 Å². The number of ether oxygens (including phenoxy) is 1. The number of carbonyl (C=O) groups excluding carboxylic acids is 1. The Labute approximate surface area is 185 Å². The Morgan fingerprint density at radius 3 is 2.50 bits per heavy atom. The number of aryl methyl sites for hydroxylation is 1. The molecule has 0 aliphatic carbocycles. The van der Waals surface area contributed by atoms with E-state index in [1.807, 2.05) is 31.2 Å². The molecule has 2 heterocycles. The number of morpholine rings is 1. The van der Waals surface area contributed by atoms with Gasteiger partial charge in [0.1, 0.15) is 0 Å². The van der Waals surface area contributed by atoms with Gasteiger partial charge in [0, 0.05) is 38.0 Å². The van der Waals surface area contributed by atoms with Gasteiger partial charge in [0.2, 0.25) is 0 Å². The highest BCUT2D eigenvalue weighted by Gasteiger charge is 2.21. The molecule has 1 aromatic heterocycles. The Hall–Kier alpha value is -3.56. The molecule has 9 nitrogen and oxygen atoms in total. The number of nitrogens with zero attached hydrogens (tertiary/aromatic N) is 4. The van der Waals surface area contributed by atoms with E-state index in [-0.39, 0.29) is 17.6 Å². The van der Waals surface area contributed by atoms with Gasteiger partial charge in [0.15, 0.2) is 0 Å². The van der Waals surface area contributed by atoms with Crippen LogP contribution in [-0.2, 0) is 4.74 Å². The Balaban J connectivity index is 1.50. The Kier molecular flexibility index (Phi) is 6.58. The van der Waals surface area contributed by atoms with E-state index >= 15 is 0 Å². The van der Waals surface area contributed by atoms with Crippen molar-refractivity contribution in [3.05, 3.63) is 87.7 Å². The minimum Gasteiger partial charge on any atom is -0.379 e. The topological polar surface area (TPSA) is 103 Å². The third kappa shape index (κ3) is 5.19. The second-order valence-corrected chi connectivity index (χ2v) is 7.80. The van der Waals surface area contributed by atoms with Crippen LogP contribution in [0.15, 0.2) is 60.9 Å². The predicted molar refractivity (Wildman–Crippen MR) is 119 cm³/mol. The quantitative estimate of drug-likeness (QED) is 0.452. The molecule has 4 rings (SSSR count). The monoisotopic (exact) mass is 435 g/mol. The summed E-state index contributed by atoms with van der Waals surface area (Å²) in [5.41, 5.74) is 3.26. The number of benzene rings is 2. The SMILES string of the molecule is Cc1ccc(C(CN2CCOCC2)NC(=O)c2cnn(-c3ccc([N+](=O)[O-])cc3)c2)cc1. The Morgan fingerprint density at radius 1 is 1.16 bits per heavy atom. The van der Waals surface area contributed by atoms with Crippen molar-refractivity contribution in [1.82, 2.24) is 20.0 Å². The fourth-order valence-corrected chi connectivity index (χ4v) is 3.63. The largest absolute Gasteiger partial charge is 0.379 e. The van der Waals surface area contributed by atoms with E-state index in [2.05, 4.69) is 15.3 Å². The fourth-order valence-electron chi connectivity index (χ4n) is 3.63. The molecular formula is C23H25N5O4. The highest BCUT2D eigenvalue weighted by atomic mass is 16.6. The van der Waals surface area contributed by atoms with E-state index in [0.717, 1.165) is 24.2 Å². The molecule has 32 heavy (non-hydrogen) atoms. The first-order valence-electron chi connectivity index (χ1n) is 10.5. The highest BCUT2D eigenvalue weighted by Crippen LogP contribution is 2.19. The van der Waals surface area contributed by atoms with Gasteiger partial charge in [-0.1, -0.05) is 29.8 Å². The zero-order valence-electron chi connectivity index (χ0n) is 17.8. The van der Waals surface area contributed by atoms with Gasteiger partial charge < -0.3 is 10.1 Å². The molecule has 1 aliphatic heterocycles. The van der Waals surface area contributed by atoms with Crippen molar-refractivity contribution in [2.75, 3.05) is 32.8 Å². The molecule has 1 amide bonds. The number of rotatable bonds is 7. The van der Waals surface area contributed by atoms with E-state index in [4.69, 9.17) is 4.74 Å². The predicted octanol–water partition coefficient (Wildman–Crippen LogP) is 2.89. The van der Waals surface area contributed by atoms with Crippen molar-refractivity contribution in [2.24, 2.45) is 0 Å².